The number of carbonyl (C=O) groups is 1. The summed E-state index contributed by atoms with van der Waals surface area (Å²) >= 11 is 1.53. The van der Waals surface area contributed by atoms with E-state index >= 15 is 0 Å². The highest BCUT2D eigenvalue weighted by atomic mass is 32.2. The Kier molecular flexibility index (Phi) is 5.63. The number of aryl methyl sites for hydroxylation is 1. The van der Waals surface area contributed by atoms with Gasteiger partial charge in [-0.15, -0.1) is 0 Å². The number of ether oxygens (including phenoxy) is 1. The average Bonchev–Trinajstić information content (AvgIpc) is 3.39. The van der Waals surface area contributed by atoms with Crippen LogP contribution in [0.1, 0.15) is 41.8 Å². The number of nitrogens with zero attached hydrogens (tertiary/aromatic N) is 3. The fourth-order valence-electron chi connectivity index (χ4n) is 2.86. The van der Waals surface area contributed by atoms with Gasteiger partial charge in [0, 0.05) is 30.9 Å². The largest absolute Gasteiger partial charge is 0.455 e. The van der Waals surface area contributed by atoms with Gasteiger partial charge in [0.25, 0.3) is 5.91 Å². The molecule has 2 aromatic heterocycles. The summed E-state index contributed by atoms with van der Waals surface area (Å²) in [6, 6.07) is 5.96. The van der Waals surface area contributed by atoms with E-state index in [4.69, 9.17) is 14.1 Å². The fraction of sp³-hybridized carbons (Fsp3) is 0.526. The monoisotopic (exact) mass is 388 g/mol. The zero-order valence-corrected chi connectivity index (χ0v) is 16.3. The van der Waals surface area contributed by atoms with E-state index in [-0.39, 0.29) is 5.91 Å². The Labute approximate surface area is 162 Å². The number of morpholine rings is 1. The third-order valence-corrected chi connectivity index (χ3v) is 5.45. The molecule has 1 N–H and O–H groups in total. The maximum Gasteiger partial charge on any atom is 0.287 e. The minimum Gasteiger partial charge on any atom is -0.455 e. The predicted octanol–water partition coefficient (Wildman–Crippen LogP) is 2.65. The molecular weight excluding hydrogens is 364 g/mol. The number of carbonyl (C=O) groups excluding carboxylic acids is 1. The van der Waals surface area contributed by atoms with Gasteiger partial charge in [-0.25, -0.2) is 9.97 Å². The molecular formula is C19H24N4O3S. The lowest BCUT2D eigenvalue weighted by Gasteiger charge is -2.28. The molecule has 0 radical (unpaired) electrons. The van der Waals surface area contributed by atoms with Crippen LogP contribution in [0.4, 0.5) is 5.82 Å². The lowest BCUT2D eigenvalue weighted by molar-refractivity contribution is 0.0922. The number of amides is 1. The second-order valence-corrected chi connectivity index (χ2v) is 7.70. The maximum atomic E-state index is 12.0. The predicted molar refractivity (Wildman–Crippen MR) is 103 cm³/mol. The number of thioether (sulfide) groups is 1. The van der Waals surface area contributed by atoms with Crippen LogP contribution >= 0.6 is 11.8 Å². The molecule has 1 aliphatic carbocycles. The fourth-order valence-corrected chi connectivity index (χ4v) is 3.62. The molecule has 1 saturated carbocycles. The second-order valence-electron chi connectivity index (χ2n) is 6.76. The minimum atomic E-state index is -0.132. The summed E-state index contributed by atoms with van der Waals surface area (Å²) in [6.45, 7) is 5.25. The lowest BCUT2D eigenvalue weighted by atomic mass is 10.3. The number of hydrogen-bond acceptors (Lipinski definition) is 7. The highest BCUT2D eigenvalue weighted by Crippen LogP contribution is 2.25. The van der Waals surface area contributed by atoms with Crippen molar-refractivity contribution in [3.63, 3.8) is 0 Å². The SMILES string of the molecule is CCc1cc(N2CCOCC2)nc(SCc2ccc(C(=O)NC3CC3)o2)n1. The van der Waals surface area contributed by atoms with Crippen LogP contribution in [-0.2, 0) is 16.9 Å². The van der Waals surface area contributed by atoms with Crippen LogP contribution in [0.2, 0.25) is 0 Å². The zero-order valence-electron chi connectivity index (χ0n) is 15.4. The maximum absolute atomic E-state index is 12.0. The topological polar surface area (TPSA) is 80.5 Å². The Bertz CT molecular complexity index is 800. The van der Waals surface area contributed by atoms with E-state index in [1.165, 1.54) is 11.8 Å². The van der Waals surface area contributed by atoms with Crippen molar-refractivity contribution in [1.29, 1.82) is 0 Å². The lowest BCUT2D eigenvalue weighted by Crippen LogP contribution is -2.37. The van der Waals surface area contributed by atoms with Gasteiger partial charge in [0.05, 0.1) is 19.0 Å². The van der Waals surface area contributed by atoms with Crippen LogP contribution < -0.4 is 10.2 Å². The molecule has 0 atom stereocenters. The number of nitrogens with one attached hydrogen (secondary N) is 1. The van der Waals surface area contributed by atoms with Crippen molar-refractivity contribution >= 4 is 23.5 Å². The number of anilines is 1. The van der Waals surface area contributed by atoms with E-state index in [1.54, 1.807) is 6.07 Å². The molecule has 2 aliphatic rings. The molecule has 4 rings (SSSR count). The van der Waals surface area contributed by atoms with Crippen molar-refractivity contribution in [2.75, 3.05) is 31.2 Å². The van der Waals surface area contributed by atoms with E-state index in [1.807, 2.05) is 6.07 Å². The molecule has 8 heteroatoms. The van der Waals surface area contributed by atoms with Gasteiger partial charge in [-0.1, -0.05) is 18.7 Å². The third-order valence-electron chi connectivity index (χ3n) is 4.58. The summed E-state index contributed by atoms with van der Waals surface area (Å²) in [5.41, 5.74) is 1.03. The summed E-state index contributed by atoms with van der Waals surface area (Å²) in [4.78, 5) is 23.6. The highest BCUT2D eigenvalue weighted by Gasteiger charge is 2.25. The first kappa shape index (κ1) is 18.3. The summed E-state index contributed by atoms with van der Waals surface area (Å²) in [6.07, 6.45) is 2.98. The molecule has 3 heterocycles. The van der Waals surface area contributed by atoms with Crippen LogP contribution in [0, 0.1) is 0 Å². The van der Waals surface area contributed by atoms with Crippen LogP contribution in [0.3, 0.4) is 0 Å². The average molecular weight is 388 g/mol. The Morgan fingerprint density at radius 1 is 1.30 bits per heavy atom. The smallest absolute Gasteiger partial charge is 0.287 e. The van der Waals surface area contributed by atoms with Crippen molar-refractivity contribution < 1.29 is 13.9 Å². The first-order valence-corrected chi connectivity index (χ1v) is 10.4. The quantitative estimate of drug-likeness (QED) is 0.577. The van der Waals surface area contributed by atoms with Gasteiger partial charge in [-0.05, 0) is 31.4 Å². The van der Waals surface area contributed by atoms with Crippen LogP contribution in [0.15, 0.2) is 27.8 Å². The highest BCUT2D eigenvalue weighted by molar-refractivity contribution is 7.98. The molecule has 7 nitrogen and oxygen atoms in total. The van der Waals surface area contributed by atoms with Crippen LogP contribution in [0.25, 0.3) is 0 Å². The molecule has 0 bridgehead atoms. The van der Waals surface area contributed by atoms with Gasteiger partial charge < -0.3 is 19.4 Å². The molecule has 2 fully saturated rings. The van der Waals surface area contributed by atoms with Crippen molar-refractivity contribution in [3.05, 3.63) is 35.4 Å². The van der Waals surface area contributed by atoms with Crippen molar-refractivity contribution in [3.8, 4) is 0 Å². The number of rotatable bonds is 7. The van der Waals surface area contributed by atoms with E-state index in [2.05, 4.69) is 28.2 Å². The van der Waals surface area contributed by atoms with Crippen LogP contribution in [-0.4, -0.2) is 48.2 Å². The zero-order chi connectivity index (χ0) is 18.6. The molecule has 27 heavy (non-hydrogen) atoms. The second kappa shape index (κ2) is 8.31. The van der Waals surface area contributed by atoms with E-state index in [9.17, 15) is 4.79 Å². The van der Waals surface area contributed by atoms with Gasteiger partial charge in [0.15, 0.2) is 10.9 Å². The number of aromatic nitrogens is 2. The third kappa shape index (κ3) is 4.81. The first-order valence-electron chi connectivity index (χ1n) is 9.44. The van der Waals surface area contributed by atoms with Gasteiger partial charge in [-0.3, -0.25) is 4.79 Å². The Morgan fingerprint density at radius 2 is 2.11 bits per heavy atom. The van der Waals surface area contributed by atoms with Gasteiger partial charge in [-0.2, -0.15) is 0 Å². The van der Waals surface area contributed by atoms with Crippen molar-refractivity contribution in [2.24, 2.45) is 0 Å². The van der Waals surface area contributed by atoms with E-state index in [0.717, 1.165) is 68.0 Å². The van der Waals surface area contributed by atoms with E-state index < -0.39 is 0 Å². The summed E-state index contributed by atoms with van der Waals surface area (Å²) < 4.78 is 11.1. The molecule has 0 unspecified atom stereocenters. The van der Waals surface area contributed by atoms with Gasteiger partial charge >= 0.3 is 0 Å². The first-order chi connectivity index (χ1) is 13.2. The Hall–Kier alpha value is -2.06. The van der Waals surface area contributed by atoms with Crippen LogP contribution in [0.5, 0.6) is 0 Å². The summed E-state index contributed by atoms with van der Waals surface area (Å²) in [7, 11) is 0. The Balaban J connectivity index is 1.41. The number of furan rings is 1. The normalized spacial score (nSPS) is 17.1. The summed E-state index contributed by atoms with van der Waals surface area (Å²) in [5, 5.41) is 3.67. The molecule has 2 aromatic rings. The molecule has 1 saturated heterocycles. The minimum absolute atomic E-state index is 0.132. The molecule has 0 spiro atoms. The van der Waals surface area contributed by atoms with Crippen molar-refractivity contribution in [1.82, 2.24) is 15.3 Å². The molecule has 144 valence electrons. The molecule has 1 aliphatic heterocycles. The van der Waals surface area contributed by atoms with Gasteiger partial charge in [0.2, 0.25) is 0 Å². The standard InChI is InChI=1S/C19H24N4O3S/c1-2-13-11-17(23-7-9-25-10-8-23)22-19(21-13)27-12-15-5-6-16(26-15)18(24)20-14-3-4-14/h5-6,11,14H,2-4,7-10,12H2,1H3,(H,20,24). The molecule has 1 amide bonds. The van der Waals surface area contributed by atoms with Crippen molar-refractivity contribution in [2.45, 2.75) is 43.1 Å². The van der Waals surface area contributed by atoms with E-state index in [0.29, 0.717) is 17.6 Å². The Morgan fingerprint density at radius 3 is 2.85 bits per heavy atom. The summed E-state index contributed by atoms with van der Waals surface area (Å²) in [5.74, 6) is 2.53. The van der Waals surface area contributed by atoms with Gasteiger partial charge in [0.1, 0.15) is 11.6 Å². The molecule has 0 aromatic carbocycles. The number of hydrogen-bond donors (Lipinski definition) is 1.